The van der Waals surface area contributed by atoms with Crippen LogP contribution in [0.3, 0.4) is 0 Å². The van der Waals surface area contributed by atoms with Crippen molar-refractivity contribution in [3.8, 4) is 6.07 Å². The summed E-state index contributed by atoms with van der Waals surface area (Å²) in [5.41, 5.74) is 0.947. The SMILES string of the molecule is CCC(CSC)NS(=O)(=O)Cc1ccccc1C#N. The van der Waals surface area contributed by atoms with E-state index in [0.29, 0.717) is 11.1 Å². The molecule has 1 N–H and O–H groups in total. The van der Waals surface area contributed by atoms with E-state index in [-0.39, 0.29) is 11.8 Å². The van der Waals surface area contributed by atoms with Crippen molar-refractivity contribution < 1.29 is 8.42 Å². The van der Waals surface area contributed by atoms with Crippen LogP contribution in [0.5, 0.6) is 0 Å². The second-order valence-corrected chi connectivity index (χ2v) is 6.87. The number of nitrogens with one attached hydrogen (secondary N) is 1. The third-order valence-corrected chi connectivity index (χ3v) is 4.81. The number of hydrogen-bond donors (Lipinski definition) is 1. The van der Waals surface area contributed by atoms with Crippen molar-refractivity contribution in [1.82, 2.24) is 4.72 Å². The lowest BCUT2D eigenvalue weighted by molar-refractivity contribution is 0.557. The van der Waals surface area contributed by atoms with Gasteiger partial charge in [-0.05, 0) is 24.3 Å². The Labute approximate surface area is 119 Å². The Kier molecular flexibility index (Phi) is 6.35. The van der Waals surface area contributed by atoms with Crippen molar-refractivity contribution in [2.45, 2.75) is 25.1 Å². The molecule has 104 valence electrons. The zero-order valence-corrected chi connectivity index (χ0v) is 12.7. The molecule has 0 saturated heterocycles. The highest BCUT2D eigenvalue weighted by molar-refractivity contribution is 7.98. The molecule has 0 aromatic heterocycles. The highest BCUT2D eigenvalue weighted by Crippen LogP contribution is 2.12. The standard InChI is InChI=1S/C13H18N2O2S2/c1-3-13(9-18-2)15-19(16,17)10-12-7-5-4-6-11(12)8-14/h4-7,13,15H,3,9-10H2,1-2H3. The molecule has 0 radical (unpaired) electrons. The van der Waals surface area contributed by atoms with Gasteiger partial charge in [-0.1, -0.05) is 25.1 Å². The Bertz CT molecular complexity index is 550. The van der Waals surface area contributed by atoms with E-state index in [2.05, 4.69) is 4.72 Å². The predicted octanol–water partition coefficient (Wildman–Crippen LogP) is 2.12. The lowest BCUT2D eigenvalue weighted by atomic mass is 10.1. The molecule has 19 heavy (non-hydrogen) atoms. The second-order valence-electron chi connectivity index (χ2n) is 4.21. The molecule has 0 bridgehead atoms. The first kappa shape index (κ1) is 16.0. The summed E-state index contributed by atoms with van der Waals surface area (Å²) in [5, 5.41) is 8.96. The maximum absolute atomic E-state index is 12.1. The van der Waals surface area contributed by atoms with Gasteiger partial charge in [0.15, 0.2) is 0 Å². The van der Waals surface area contributed by atoms with Gasteiger partial charge in [-0.3, -0.25) is 0 Å². The van der Waals surface area contributed by atoms with Gasteiger partial charge in [0.1, 0.15) is 0 Å². The van der Waals surface area contributed by atoms with Gasteiger partial charge in [-0.25, -0.2) is 13.1 Å². The van der Waals surface area contributed by atoms with Crippen LogP contribution in [0.25, 0.3) is 0 Å². The Balaban J connectivity index is 2.82. The van der Waals surface area contributed by atoms with E-state index in [1.54, 1.807) is 36.0 Å². The van der Waals surface area contributed by atoms with Crippen LogP contribution in [0.2, 0.25) is 0 Å². The molecule has 6 heteroatoms. The molecular weight excluding hydrogens is 280 g/mol. The molecule has 0 fully saturated rings. The van der Waals surface area contributed by atoms with Crippen LogP contribution in [0.15, 0.2) is 24.3 Å². The normalized spacial score (nSPS) is 12.9. The third-order valence-electron chi connectivity index (χ3n) is 2.69. The van der Waals surface area contributed by atoms with E-state index in [1.807, 2.05) is 19.2 Å². The van der Waals surface area contributed by atoms with Gasteiger partial charge in [0.25, 0.3) is 0 Å². The summed E-state index contributed by atoms with van der Waals surface area (Å²) in [6.07, 6.45) is 2.70. The minimum Gasteiger partial charge on any atom is -0.212 e. The van der Waals surface area contributed by atoms with E-state index < -0.39 is 10.0 Å². The van der Waals surface area contributed by atoms with Crippen molar-refractivity contribution in [3.63, 3.8) is 0 Å². The van der Waals surface area contributed by atoms with Gasteiger partial charge in [0, 0.05) is 11.8 Å². The summed E-state index contributed by atoms with van der Waals surface area (Å²) in [4.78, 5) is 0. The van der Waals surface area contributed by atoms with Gasteiger partial charge >= 0.3 is 0 Å². The van der Waals surface area contributed by atoms with E-state index >= 15 is 0 Å². The van der Waals surface area contributed by atoms with E-state index in [9.17, 15) is 8.42 Å². The van der Waals surface area contributed by atoms with Gasteiger partial charge < -0.3 is 0 Å². The minimum atomic E-state index is -3.42. The molecule has 1 unspecified atom stereocenters. The first-order chi connectivity index (χ1) is 9.02. The molecule has 1 rings (SSSR count). The number of hydrogen-bond acceptors (Lipinski definition) is 4. The second kappa shape index (κ2) is 7.53. The maximum Gasteiger partial charge on any atom is 0.216 e. The molecule has 0 aliphatic carbocycles. The molecule has 0 heterocycles. The first-order valence-corrected chi connectivity index (χ1v) is 9.04. The average Bonchev–Trinajstić information content (AvgIpc) is 2.38. The van der Waals surface area contributed by atoms with Gasteiger partial charge in [0.05, 0.1) is 17.4 Å². The van der Waals surface area contributed by atoms with E-state index in [0.717, 1.165) is 12.2 Å². The van der Waals surface area contributed by atoms with Crippen LogP contribution in [0.1, 0.15) is 24.5 Å². The summed E-state index contributed by atoms with van der Waals surface area (Å²) in [6, 6.07) is 8.72. The van der Waals surface area contributed by atoms with Crippen LogP contribution >= 0.6 is 11.8 Å². The van der Waals surface area contributed by atoms with Crippen molar-refractivity contribution in [3.05, 3.63) is 35.4 Å². The number of nitrogens with zero attached hydrogens (tertiary/aromatic N) is 1. The monoisotopic (exact) mass is 298 g/mol. The summed E-state index contributed by atoms with van der Waals surface area (Å²) in [5.74, 6) is 0.594. The number of nitriles is 1. The topological polar surface area (TPSA) is 70.0 Å². The fraction of sp³-hybridized carbons (Fsp3) is 0.462. The highest BCUT2D eigenvalue weighted by atomic mass is 32.2. The molecule has 1 aromatic rings. The van der Waals surface area contributed by atoms with Crippen LogP contribution in [-0.2, 0) is 15.8 Å². The highest BCUT2D eigenvalue weighted by Gasteiger charge is 2.18. The molecule has 0 amide bonds. The molecule has 1 atom stereocenters. The van der Waals surface area contributed by atoms with Crippen LogP contribution < -0.4 is 4.72 Å². The lowest BCUT2D eigenvalue weighted by Crippen LogP contribution is -2.37. The fourth-order valence-electron chi connectivity index (χ4n) is 1.69. The smallest absolute Gasteiger partial charge is 0.212 e. The third kappa shape index (κ3) is 5.23. The first-order valence-electron chi connectivity index (χ1n) is 5.99. The van der Waals surface area contributed by atoms with Crippen molar-refractivity contribution >= 4 is 21.8 Å². The number of rotatable bonds is 7. The summed E-state index contributed by atoms with van der Waals surface area (Å²) >= 11 is 1.61. The van der Waals surface area contributed by atoms with Crippen LogP contribution in [0.4, 0.5) is 0 Å². The number of thioether (sulfide) groups is 1. The van der Waals surface area contributed by atoms with Gasteiger partial charge in [-0.2, -0.15) is 17.0 Å². The van der Waals surface area contributed by atoms with Gasteiger partial charge in [-0.15, -0.1) is 0 Å². The number of sulfonamides is 1. The molecule has 0 saturated carbocycles. The summed E-state index contributed by atoms with van der Waals surface area (Å²) < 4.78 is 26.9. The average molecular weight is 298 g/mol. The number of benzene rings is 1. The molecule has 1 aromatic carbocycles. The molecule has 4 nitrogen and oxygen atoms in total. The zero-order chi connectivity index (χ0) is 14.3. The Hall–Kier alpha value is -1.03. The maximum atomic E-state index is 12.1. The minimum absolute atomic E-state index is 0.0609. The van der Waals surface area contributed by atoms with E-state index in [1.165, 1.54) is 0 Å². The fourth-order valence-corrected chi connectivity index (χ4v) is 4.02. The molecular formula is C13H18N2O2S2. The molecule has 0 spiro atoms. The zero-order valence-electron chi connectivity index (χ0n) is 11.1. The molecule has 0 aliphatic rings. The predicted molar refractivity (Wildman–Crippen MR) is 79.4 cm³/mol. The lowest BCUT2D eigenvalue weighted by Gasteiger charge is -2.16. The van der Waals surface area contributed by atoms with E-state index in [4.69, 9.17) is 5.26 Å². The summed E-state index contributed by atoms with van der Waals surface area (Å²) in [6.45, 7) is 1.95. The van der Waals surface area contributed by atoms with Crippen molar-refractivity contribution in [1.29, 1.82) is 5.26 Å². The summed E-state index contributed by atoms with van der Waals surface area (Å²) in [7, 11) is -3.42. The van der Waals surface area contributed by atoms with Crippen molar-refractivity contribution in [2.24, 2.45) is 0 Å². The van der Waals surface area contributed by atoms with Crippen LogP contribution in [0, 0.1) is 11.3 Å². The molecule has 0 aliphatic heterocycles. The van der Waals surface area contributed by atoms with Crippen LogP contribution in [-0.4, -0.2) is 26.5 Å². The Morgan fingerprint density at radius 1 is 1.42 bits per heavy atom. The largest absolute Gasteiger partial charge is 0.216 e. The Morgan fingerprint density at radius 2 is 2.11 bits per heavy atom. The van der Waals surface area contributed by atoms with Gasteiger partial charge in [0.2, 0.25) is 10.0 Å². The Morgan fingerprint density at radius 3 is 2.68 bits per heavy atom. The van der Waals surface area contributed by atoms with Crippen molar-refractivity contribution in [2.75, 3.05) is 12.0 Å². The quantitative estimate of drug-likeness (QED) is 0.837.